The topological polar surface area (TPSA) is 64.4 Å². The Kier molecular flexibility index (Phi) is 4.30. The molecule has 1 aliphatic heterocycles. The number of urea groups is 1. The van der Waals surface area contributed by atoms with Crippen LogP contribution >= 0.6 is 0 Å². The number of hydrogen-bond donors (Lipinski definition) is 0. The summed E-state index contributed by atoms with van der Waals surface area (Å²) in [5.41, 5.74) is 1.87. The third-order valence-electron chi connectivity index (χ3n) is 4.17. The lowest BCUT2D eigenvalue weighted by atomic mass is 10.0. The van der Waals surface area contributed by atoms with Crippen molar-refractivity contribution in [1.82, 2.24) is 4.90 Å². The Morgan fingerprint density at radius 1 is 1.12 bits per heavy atom. The van der Waals surface area contributed by atoms with Gasteiger partial charge >= 0.3 is 6.03 Å². The fourth-order valence-corrected chi connectivity index (χ4v) is 3.04. The highest BCUT2D eigenvalue weighted by atomic mass is 16.2. The van der Waals surface area contributed by atoms with E-state index in [0.717, 1.165) is 16.9 Å². The van der Waals surface area contributed by atoms with Crippen molar-refractivity contribution in [3.8, 4) is 6.07 Å². The van der Waals surface area contributed by atoms with Gasteiger partial charge in [0.05, 0.1) is 23.4 Å². The summed E-state index contributed by atoms with van der Waals surface area (Å²) in [6.07, 6.45) is 0.717. The van der Waals surface area contributed by atoms with Crippen molar-refractivity contribution < 1.29 is 9.59 Å². The molecule has 0 saturated carbocycles. The molecule has 0 N–H and O–H groups in total. The largest absolute Gasteiger partial charge is 0.332 e. The molecule has 1 atom stereocenters. The number of benzene rings is 2. The number of anilines is 1. The maximum Gasteiger partial charge on any atom is 0.332 e. The van der Waals surface area contributed by atoms with E-state index < -0.39 is 0 Å². The van der Waals surface area contributed by atoms with E-state index in [2.05, 4.69) is 0 Å². The first-order valence-corrected chi connectivity index (χ1v) is 7.84. The molecule has 1 fully saturated rings. The molecule has 120 valence electrons. The minimum Gasteiger partial charge on any atom is -0.308 e. The predicted molar refractivity (Wildman–Crippen MR) is 90.2 cm³/mol. The second-order valence-electron chi connectivity index (χ2n) is 5.64. The molecule has 0 spiro atoms. The lowest BCUT2D eigenvalue weighted by Crippen LogP contribution is -2.35. The lowest BCUT2D eigenvalue weighted by Gasteiger charge is -2.26. The van der Waals surface area contributed by atoms with Gasteiger partial charge in [0.15, 0.2) is 0 Å². The van der Waals surface area contributed by atoms with Crippen molar-refractivity contribution >= 4 is 17.6 Å². The van der Waals surface area contributed by atoms with Gasteiger partial charge in [-0.2, -0.15) is 5.26 Å². The van der Waals surface area contributed by atoms with Gasteiger partial charge in [0, 0.05) is 0 Å². The van der Waals surface area contributed by atoms with Gasteiger partial charge in [-0.15, -0.1) is 0 Å². The van der Waals surface area contributed by atoms with E-state index in [1.54, 1.807) is 29.2 Å². The zero-order valence-corrected chi connectivity index (χ0v) is 13.3. The molecule has 1 heterocycles. The molecule has 3 rings (SSSR count). The fraction of sp³-hybridized carbons (Fsp3) is 0.211. The Balaban J connectivity index is 1.92. The summed E-state index contributed by atoms with van der Waals surface area (Å²) in [5, 5.41) is 9.01. The molecule has 3 amide bonds. The second kappa shape index (κ2) is 6.55. The Bertz CT molecular complexity index is 811. The van der Waals surface area contributed by atoms with Gasteiger partial charge in [-0.1, -0.05) is 43.3 Å². The van der Waals surface area contributed by atoms with Crippen LogP contribution in [0.4, 0.5) is 10.5 Å². The average Bonchev–Trinajstić information content (AvgIpc) is 2.91. The average molecular weight is 319 g/mol. The summed E-state index contributed by atoms with van der Waals surface area (Å²) in [7, 11) is 0. The molecule has 0 aliphatic carbocycles. The smallest absolute Gasteiger partial charge is 0.308 e. The van der Waals surface area contributed by atoms with Crippen LogP contribution in [0.1, 0.15) is 30.5 Å². The number of nitrogens with zero attached hydrogens (tertiary/aromatic N) is 3. The molecule has 2 aromatic carbocycles. The molecule has 0 bridgehead atoms. The highest BCUT2D eigenvalue weighted by Crippen LogP contribution is 2.31. The maximum absolute atomic E-state index is 12.8. The van der Waals surface area contributed by atoms with Gasteiger partial charge in [0.2, 0.25) is 0 Å². The fourth-order valence-electron chi connectivity index (χ4n) is 3.04. The van der Waals surface area contributed by atoms with Gasteiger partial charge in [0.25, 0.3) is 5.91 Å². The first-order valence-electron chi connectivity index (χ1n) is 7.84. The van der Waals surface area contributed by atoms with E-state index in [9.17, 15) is 9.59 Å². The summed E-state index contributed by atoms with van der Waals surface area (Å²) < 4.78 is 0. The zero-order valence-electron chi connectivity index (χ0n) is 13.3. The maximum atomic E-state index is 12.8. The van der Waals surface area contributed by atoms with Crippen LogP contribution in [-0.4, -0.2) is 23.4 Å². The van der Waals surface area contributed by atoms with Crippen molar-refractivity contribution in [2.75, 3.05) is 11.4 Å². The van der Waals surface area contributed by atoms with Gasteiger partial charge in [-0.3, -0.25) is 4.79 Å². The van der Waals surface area contributed by atoms with Crippen LogP contribution in [-0.2, 0) is 4.79 Å². The first-order chi connectivity index (χ1) is 11.7. The van der Waals surface area contributed by atoms with Crippen LogP contribution in [0.15, 0.2) is 54.6 Å². The van der Waals surface area contributed by atoms with E-state index >= 15 is 0 Å². The van der Waals surface area contributed by atoms with E-state index in [-0.39, 0.29) is 24.5 Å². The Hall–Kier alpha value is -3.13. The number of hydrogen-bond acceptors (Lipinski definition) is 3. The normalized spacial score (nSPS) is 15.5. The molecular weight excluding hydrogens is 302 g/mol. The molecule has 1 saturated heterocycles. The van der Waals surface area contributed by atoms with Crippen LogP contribution in [0.5, 0.6) is 0 Å². The number of carbonyl (C=O) groups excluding carboxylic acids is 2. The molecular formula is C19H17N3O2. The van der Waals surface area contributed by atoms with Crippen LogP contribution in [0.25, 0.3) is 0 Å². The SMILES string of the molecule is CC[C@H](c1ccccc1)N1CC(=O)N(c2cccc(C#N)c2)C1=O. The lowest BCUT2D eigenvalue weighted by molar-refractivity contribution is -0.116. The monoisotopic (exact) mass is 319 g/mol. The van der Waals surface area contributed by atoms with Crippen molar-refractivity contribution in [3.63, 3.8) is 0 Å². The van der Waals surface area contributed by atoms with Crippen molar-refractivity contribution in [2.45, 2.75) is 19.4 Å². The van der Waals surface area contributed by atoms with Crippen molar-refractivity contribution in [1.29, 1.82) is 5.26 Å². The van der Waals surface area contributed by atoms with E-state index in [1.807, 2.05) is 43.3 Å². The zero-order chi connectivity index (χ0) is 17.1. The summed E-state index contributed by atoms with van der Waals surface area (Å²) in [6.45, 7) is 2.04. The molecule has 0 aromatic heterocycles. The Morgan fingerprint density at radius 3 is 2.54 bits per heavy atom. The number of carbonyl (C=O) groups is 2. The molecule has 0 unspecified atom stereocenters. The third-order valence-corrected chi connectivity index (χ3v) is 4.17. The first kappa shape index (κ1) is 15.8. The van der Waals surface area contributed by atoms with Crippen LogP contribution in [0.3, 0.4) is 0 Å². The van der Waals surface area contributed by atoms with E-state index in [0.29, 0.717) is 11.3 Å². The predicted octanol–water partition coefficient (Wildman–Crippen LogP) is 3.48. The van der Waals surface area contributed by atoms with E-state index in [1.165, 1.54) is 0 Å². The molecule has 5 heteroatoms. The highest BCUT2D eigenvalue weighted by molar-refractivity contribution is 6.19. The van der Waals surface area contributed by atoms with E-state index in [4.69, 9.17) is 5.26 Å². The van der Waals surface area contributed by atoms with Gasteiger partial charge in [-0.25, -0.2) is 9.69 Å². The number of rotatable bonds is 4. The molecule has 0 radical (unpaired) electrons. The Labute approximate surface area is 140 Å². The minimum atomic E-state index is -0.342. The quantitative estimate of drug-likeness (QED) is 0.810. The summed E-state index contributed by atoms with van der Waals surface area (Å²) in [5.74, 6) is -0.274. The van der Waals surface area contributed by atoms with Crippen LogP contribution in [0.2, 0.25) is 0 Å². The van der Waals surface area contributed by atoms with Crippen LogP contribution in [0, 0.1) is 11.3 Å². The molecule has 24 heavy (non-hydrogen) atoms. The standard InChI is InChI=1S/C19H17N3O2/c1-2-17(15-8-4-3-5-9-15)21-13-18(23)22(19(21)24)16-10-6-7-14(11-16)12-20/h3-11,17H,2,13H2,1H3/t17-/m1/s1. The molecule has 1 aliphatic rings. The third kappa shape index (κ3) is 2.74. The summed E-state index contributed by atoms with van der Waals surface area (Å²) in [4.78, 5) is 28.0. The number of amides is 3. The van der Waals surface area contributed by atoms with Gasteiger partial charge < -0.3 is 4.90 Å². The highest BCUT2D eigenvalue weighted by Gasteiger charge is 2.40. The summed E-state index contributed by atoms with van der Waals surface area (Å²) in [6, 6.07) is 17.8. The van der Waals surface area contributed by atoms with Gasteiger partial charge in [0.1, 0.15) is 6.54 Å². The van der Waals surface area contributed by atoms with Crippen molar-refractivity contribution in [2.24, 2.45) is 0 Å². The van der Waals surface area contributed by atoms with Crippen LogP contribution < -0.4 is 4.90 Å². The Morgan fingerprint density at radius 2 is 1.88 bits per heavy atom. The minimum absolute atomic E-state index is 0.0447. The molecule has 2 aromatic rings. The second-order valence-corrected chi connectivity index (χ2v) is 5.64. The summed E-state index contributed by atoms with van der Waals surface area (Å²) >= 11 is 0. The molecule has 5 nitrogen and oxygen atoms in total. The number of imide groups is 1. The van der Waals surface area contributed by atoms with Crippen molar-refractivity contribution in [3.05, 3.63) is 65.7 Å². The van der Waals surface area contributed by atoms with Gasteiger partial charge in [-0.05, 0) is 30.2 Å². The number of nitriles is 1.